The van der Waals surface area contributed by atoms with Gasteiger partial charge in [-0.1, -0.05) is 19.9 Å². The lowest BCUT2D eigenvalue weighted by Gasteiger charge is -2.31. The van der Waals surface area contributed by atoms with Crippen molar-refractivity contribution in [3.05, 3.63) is 23.9 Å². The summed E-state index contributed by atoms with van der Waals surface area (Å²) in [6, 6.07) is 6.03. The first-order valence-electron chi connectivity index (χ1n) is 6.88. The molecule has 0 amide bonds. The van der Waals surface area contributed by atoms with Gasteiger partial charge in [-0.15, -0.1) is 0 Å². The van der Waals surface area contributed by atoms with Gasteiger partial charge in [0.15, 0.2) is 0 Å². The fraction of sp³-hybridized carbons (Fsp3) is 0.667. The highest BCUT2D eigenvalue weighted by molar-refractivity contribution is 5.18. The van der Waals surface area contributed by atoms with Crippen molar-refractivity contribution >= 4 is 0 Å². The first kappa shape index (κ1) is 13.3. The molecular formula is C15H24N2O. The number of nitrogens with zero attached hydrogens (tertiary/aromatic N) is 1. The molecule has 18 heavy (non-hydrogen) atoms. The minimum atomic E-state index is 0.244. The first-order valence-corrected chi connectivity index (χ1v) is 6.88. The van der Waals surface area contributed by atoms with Gasteiger partial charge in [0.05, 0.1) is 7.11 Å². The molecule has 0 saturated carbocycles. The summed E-state index contributed by atoms with van der Waals surface area (Å²) in [5.41, 5.74) is 1.37. The number of methoxy groups -OCH3 is 1. The van der Waals surface area contributed by atoms with Crippen molar-refractivity contribution in [2.24, 2.45) is 5.92 Å². The average Bonchev–Trinajstić information content (AvgIpc) is 2.76. The van der Waals surface area contributed by atoms with E-state index in [1.54, 1.807) is 7.11 Å². The molecule has 100 valence electrons. The molecule has 3 nitrogen and oxygen atoms in total. The van der Waals surface area contributed by atoms with Crippen LogP contribution < -0.4 is 10.1 Å². The number of ether oxygens (including phenoxy) is 1. The third-order valence-electron chi connectivity index (χ3n) is 3.64. The SMILES string of the molecule is COc1cccc(CC2(CC(C)C)CCCN2)n1. The zero-order valence-corrected chi connectivity index (χ0v) is 11.7. The van der Waals surface area contributed by atoms with E-state index in [4.69, 9.17) is 4.74 Å². The molecular weight excluding hydrogens is 224 g/mol. The zero-order valence-electron chi connectivity index (χ0n) is 11.7. The van der Waals surface area contributed by atoms with Gasteiger partial charge >= 0.3 is 0 Å². The van der Waals surface area contributed by atoms with E-state index in [0.29, 0.717) is 11.8 Å². The molecule has 2 rings (SSSR count). The van der Waals surface area contributed by atoms with Crippen molar-refractivity contribution in [2.45, 2.75) is 45.1 Å². The lowest BCUT2D eigenvalue weighted by molar-refractivity contribution is 0.298. The summed E-state index contributed by atoms with van der Waals surface area (Å²) in [6.07, 6.45) is 4.75. The standard InChI is InChI=1S/C15H24N2O/c1-12(2)10-15(8-5-9-16-15)11-13-6-4-7-14(17-13)18-3/h4,6-7,12,16H,5,8-11H2,1-3H3. The summed E-state index contributed by atoms with van der Waals surface area (Å²) in [5, 5.41) is 3.71. The number of hydrogen-bond donors (Lipinski definition) is 1. The molecule has 1 saturated heterocycles. The highest BCUT2D eigenvalue weighted by Crippen LogP contribution is 2.30. The smallest absolute Gasteiger partial charge is 0.213 e. The van der Waals surface area contributed by atoms with Crippen LogP contribution in [0.5, 0.6) is 5.88 Å². The summed E-state index contributed by atoms with van der Waals surface area (Å²) >= 11 is 0. The predicted molar refractivity (Wildman–Crippen MR) is 73.9 cm³/mol. The Balaban J connectivity index is 2.12. The van der Waals surface area contributed by atoms with E-state index in [2.05, 4.69) is 30.2 Å². The summed E-state index contributed by atoms with van der Waals surface area (Å²) in [6.45, 7) is 5.72. The Labute approximate surface area is 110 Å². The van der Waals surface area contributed by atoms with Crippen LogP contribution >= 0.6 is 0 Å². The summed E-state index contributed by atoms with van der Waals surface area (Å²) < 4.78 is 5.20. The van der Waals surface area contributed by atoms with Gasteiger partial charge in [0, 0.05) is 23.7 Å². The van der Waals surface area contributed by atoms with Crippen LogP contribution in [0.1, 0.15) is 38.8 Å². The third-order valence-corrected chi connectivity index (χ3v) is 3.64. The fourth-order valence-electron chi connectivity index (χ4n) is 3.06. The quantitative estimate of drug-likeness (QED) is 0.870. The molecule has 1 unspecified atom stereocenters. The number of nitrogens with one attached hydrogen (secondary N) is 1. The Hall–Kier alpha value is -1.09. The van der Waals surface area contributed by atoms with Crippen LogP contribution in [0.15, 0.2) is 18.2 Å². The summed E-state index contributed by atoms with van der Waals surface area (Å²) in [5.74, 6) is 1.42. The minimum absolute atomic E-state index is 0.244. The molecule has 2 heterocycles. The highest BCUT2D eigenvalue weighted by atomic mass is 16.5. The van der Waals surface area contributed by atoms with Gasteiger partial charge in [-0.25, -0.2) is 4.98 Å². The van der Waals surface area contributed by atoms with Crippen LogP contribution in [0.4, 0.5) is 0 Å². The van der Waals surface area contributed by atoms with E-state index in [0.717, 1.165) is 18.7 Å². The lowest BCUT2D eigenvalue weighted by Crippen LogP contribution is -2.43. The monoisotopic (exact) mass is 248 g/mol. The molecule has 1 aliphatic heterocycles. The van der Waals surface area contributed by atoms with Crippen LogP contribution in [-0.2, 0) is 6.42 Å². The minimum Gasteiger partial charge on any atom is -0.481 e. The maximum atomic E-state index is 5.20. The molecule has 1 atom stereocenters. The van der Waals surface area contributed by atoms with Gasteiger partial charge in [0.2, 0.25) is 5.88 Å². The number of rotatable bonds is 5. The molecule has 0 radical (unpaired) electrons. The van der Waals surface area contributed by atoms with E-state index in [1.165, 1.54) is 19.3 Å². The van der Waals surface area contributed by atoms with Gasteiger partial charge in [-0.3, -0.25) is 0 Å². The Morgan fingerprint density at radius 3 is 2.89 bits per heavy atom. The van der Waals surface area contributed by atoms with E-state index in [9.17, 15) is 0 Å². The molecule has 1 N–H and O–H groups in total. The number of pyridine rings is 1. The van der Waals surface area contributed by atoms with E-state index in [1.807, 2.05) is 12.1 Å². The van der Waals surface area contributed by atoms with Crippen molar-refractivity contribution in [1.82, 2.24) is 10.3 Å². The van der Waals surface area contributed by atoms with Crippen molar-refractivity contribution in [3.63, 3.8) is 0 Å². The largest absolute Gasteiger partial charge is 0.481 e. The van der Waals surface area contributed by atoms with Crippen molar-refractivity contribution < 1.29 is 4.74 Å². The second-order valence-corrected chi connectivity index (χ2v) is 5.76. The first-order chi connectivity index (χ1) is 8.63. The predicted octanol–water partition coefficient (Wildman–Crippen LogP) is 2.80. The molecule has 0 bridgehead atoms. The van der Waals surface area contributed by atoms with Crippen LogP contribution in [-0.4, -0.2) is 24.2 Å². The number of aromatic nitrogens is 1. The lowest BCUT2D eigenvalue weighted by atomic mass is 9.83. The van der Waals surface area contributed by atoms with Crippen molar-refractivity contribution in [1.29, 1.82) is 0 Å². The van der Waals surface area contributed by atoms with Crippen LogP contribution in [0.25, 0.3) is 0 Å². The van der Waals surface area contributed by atoms with Gasteiger partial charge in [-0.2, -0.15) is 0 Å². The normalized spacial score (nSPS) is 23.6. The Bertz CT molecular complexity index is 384. The average molecular weight is 248 g/mol. The zero-order chi connectivity index (χ0) is 13.0. The molecule has 0 aliphatic carbocycles. The maximum Gasteiger partial charge on any atom is 0.213 e. The van der Waals surface area contributed by atoms with E-state index < -0.39 is 0 Å². The highest BCUT2D eigenvalue weighted by Gasteiger charge is 2.34. The summed E-state index contributed by atoms with van der Waals surface area (Å²) in [7, 11) is 1.67. The van der Waals surface area contributed by atoms with Crippen LogP contribution in [0.3, 0.4) is 0 Å². The van der Waals surface area contributed by atoms with Gasteiger partial charge in [0.25, 0.3) is 0 Å². The molecule has 0 aromatic carbocycles. The third kappa shape index (κ3) is 3.22. The molecule has 1 fully saturated rings. The van der Waals surface area contributed by atoms with Gasteiger partial charge < -0.3 is 10.1 Å². The number of hydrogen-bond acceptors (Lipinski definition) is 3. The second kappa shape index (κ2) is 5.70. The molecule has 1 aromatic rings. The molecule has 3 heteroatoms. The summed E-state index contributed by atoms with van der Waals surface area (Å²) in [4.78, 5) is 4.54. The Morgan fingerprint density at radius 1 is 1.44 bits per heavy atom. The van der Waals surface area contributed by atoms with Gasteiger partial charge in [-0.05, 0) is 37.8 Å². The van der Waals surface area contributed by atoms with Crippen molar-refractivity contribution in [2.75, 3.05) is 13.7 Å². The second-order valence-electron chi connectivity index (χ2n) is 5.76. The topological polar surface area (TPSA) is 34.1 Å². The van der Waals surface area contributed by atoms with Gasteiger partial charge in [0.1, 0.15) is 0 Å². The molecule has 0 spiro atoms. The molecule has 1 aliphatic rings. The Morgan fingerprint density at radius 2 is 2.28 bits per heavy atom. The van der Waals surface area contributed by atoms with Crippen LogP contribution in [0.2, 0.25) is 0 Å². The molecule has 1 aromatic heterocycles. The fourth-order valence-corrected chi connectivity index (χ4v) is 3.06. The Kier molecular flexibility index (Phi) is 4.23. The van der Waals surface area contributed by atoms with Crippen LogP contribution in [0, 0.1) is 5.92 Å². The van der Waals surface area contributed by atoms with E-state index in [-0.39, 0.29) is 5.54 Å². The van der Waals surface area contributed by atoms with E-state index >= 15 is 0 Å². The van der Waals surface area contributed by atoms with Crippen molar-refractivity contribution in [3.8, 4) is 5.88 Å². The maximum absolute atomic E-state index is 5.20.